The molecule has 26 heavy (non-hydrogen) atoms. The van der Waals surface area contributed by atoms with Crippen LogP contribution in [0.25, 0.3) is 10.7 Å². The minimum Gasteiger partial charge on any atom is -0.378 e. The van der Waals surface area contributed by atoms with Crippen LogP contribution in [0.3, 0.4) is 0 Å². The Bertz CT molecular complexity index is 873. The molecule has 0 amide bonds. The molecule has 8 nitrogen and oxygen atoms in total. The highest BCUT2D eigenvalue weighted by Crippen LogP contribution is 2.29. The zero-order chi connectivity index (χ0) is 17.9. The Morgan fingerprint density at radius 1 is 1.31 bits per heavy atom. The Morgan fingerprint density at radius 2 is 2.15 bits per heavy atom. The number of ether oxygens (including phenoxy) is 1. The second-order valence-corrected chi connectivity index (χ2v) is 8.33. The van der Waals surface area contributed by atoms with E-state index in [-0.39, 0.29) is 0 Å². The smallest absolute Gasteiger partial charge is 0.237 e. The van der Waals surface area contributed by atoms with E-state index in [9.17, 15) is 0 Å². The molecule has 0 atom stereocenters. The molecule has 0 aliphatic carbocycles. The van der Waals surface area contributed by atoms with Gasteiger partial charge in [-0.2, -0.15) is 4.98 Å². The van der Waals surface area contributed by atoms with Gasteiger partial charge in [0.1, 0.15) is 0 Å². The van der Waals surface area contributed by atoms with Crippen molar-refractivity contribution >= 4 is 45.0 Å². The van der Waals surface area contributed by atoms with E-state index in [4.69, 9.17) is 9.26 Å². The summed E-state index contributed by atoms with van der Waals surface area (Å²) in [7, 11) is 0. The maximum Gasteiger partial charge on any atom is 0.237 e. The number of nitrogens with zero attached hydrogens (tertiary/aromatic N) is 6. The van der Waals surface area contributed by atoms with E-state index < -0.39 is 0 Å². The molecule has 4 heterocycles. The summed E-state index contributed by atoms with van der Waals surface area (Å²) >= 11 is 6.57. The molecule has 4 rings (SSSR count). The molecule has 138 valence electrons. The summed E-state index contributed by atoms with van der Waals surface area (Å²) in [6, 6.07) is 1.98. The normalized spacial score (nSPS) is 14.9. The summed E-state index contributed by atoms with van der Waals surface area (Å²) in [4.78, 5) is 7.65. The number of thiophene rings is 1. The van der Waals surface area contributed by atoms with Gasteiger partial charge in [-0.3, -0.25) is 4.57 Å². The number of morpholine rings is 1. The van der Waals surface area contributed by atoms with E-state index in [0.29, 0.717) is 17.5 Å². The van der Waals surface area contributed by atoms with E-state index >= 15 is 0 Å². The summed E-state index contributed by atoms with van der Waals surface area (Å²) < 4.78 is 13.9. The van der Waals surface area contributed by atoms with Gasteiger partial charge in [0, 0.05) is 29.5 Å². The third kappa shape index (κ3) is 3.80. The van der Waals surface area contributed by atoms with Crippen LogP contribution in [0.15, 0.2) is 25.6 Å². The van der Waals surface area contributed by atoms with Crippen LogP contribution in [0, 0.1) is 0 Å². The fourth-order valence-electron chi connectivity index (χ4n) is 2.63. The largest absolute Gasteiger partial charge is 0.378 e. The maximum atomic E-state index is 5.41. The van der Waals surface area contributed by atoms with Gasteiger partial charge in [-0.1, -0.05) is 16.9 Å². The molecule has 1 aliphatic heterocycles. The Kier molecular flexibility index (Phi) is 5.57. The van der Waals surface area contributed by atoms with Crippen LogP contribution >= 0.6 is 39.0 Å². The van der Waals surface area contributed by atoms with Crippen molar-refractivity contribution in [2.45, 2.75) is 24.4 Å². The fourth-order valence-corrected chi connectivity index (χ4v) is 4.82. The van der Waals surface area contributed by atoms with Crippen LogP contribution in [-0.4, -0.2) is 51.2 Å². The second-order valence-electron chi connectivity index (χ2n) is 5.56. The lowest BCUT2D eigenvalue weighted by Gasteiger charge is -2.27. The van der Waals surface area contributed by atoms with Gasteiger partial charge < -0.3 is 14.2 Å². The highest BCUT2D eigenvalue weighted by Gasteiger charge is 2.20. The zero-order valence-electron chi connectivity index (χ0n) is 14.1. The monoisotopic (exact) mass is 456 g/mol. The zero-order valence-corrected chi connectivity index (χ0v) is 17.3. The molecule has 0 spiro atoms. The quantitative estimate of drug-likeness (QED) is 0.522. The number of hydrogen-bond donors (Lipinski definition) is 0. The van der Waals surface area contributed by atoms with Crippen molar-refractivity contribution in [3.8, 4) is 10.7 Å². The Morgan fingerprint density at radius 3 is 2.88 bits per heavy atom. The molecule has 1 saturated heterocycles. The van der Waals surface area contributed by atoms with Crippen LogP contribution < -0.4 is 4.90 Å². The predicted octanol–water partition coefficient (Wildman–Crippen LogP) is 3.30. The molecule has 0 radical (unpaired) electrons. The molecule has 1 aliphatic rings. The van der Waals surface area contributed by atoms with E-state index in [0.717, 1.165) is 53.3 Å². The highest BCUT2D eigenvalue weighted by molar-refractivity contribution is 9.10. The standard InChI is InChI=1S/C15H17BrN6O2S2/c1-2-22-14(21-3-5-23-6-4-21)18-19-15(22)26-9-12-17-13(20-24-12)11-7-10(16)8-25-11/h7-8H,2-6,9H2,1H3. The van der Waals surface area contributed by atoms with Gasteiger partial charge in [-0.15, -0.1) is 21.5 Å². The molecule has 0 saturated carbocycles. The summed E-state index contributed by atoms with van der Waals surface area (Å²) in [6.07, 6.45) is 0. The molecule has 11 heteroatoms. The Labute approximate surface area is 167 Å². The van der Waals surface area contributed by atoms with Gasteiger partial charge in [-0.05, 0) is 28.9 Å². The van der Waals surface area contributed by atoms with Crippen molar-refractivity contribution in [3.63, 3.8) is 0 Å². The summed E-state index contributed by atoms with van der Waals surface area (Å²) in [5.74, 6) is 2.64. The average molecular weight is 457 g/mol. The van der Waals surface area contributed by atoms with Crippen molar-refractivity contribution in [2.24, 2.45) is 0 Å². The molecule has 3 aromatic rings. The molecule has 3 aromatic heterocycles. The molecular weight excluding hydrogens is 440 g/mol. The molecule has 1 fully saturated rings. The maximum absolute atomic E-state index is 5.41. The van der Waals surface area contributed by atoms with Crippen molar-refractivity contribution in [1.82, 2.24) is 24.9 Å². The Hall–Kier alpha value is -1.43. The van der Waals surface area contributed by atoms with Gasteiger partial charge in [0.05, 0.1) is 23.8 Å². The lowest BCUT2D eigenvalue weighted by Crippen LogP contribution is -2.38. The third-order valence-corrected chi connectivity index (χ3v) is 6.53. The van der Waals surface area contributed by atoms with Crippen molar-refractivity contribution < 1.29 is 9.26 Å². The van der Waals surface area contributed by atoms with Gasteiger partial charge >= 0.3 is 0 Å². The van der Waals surface area contributed by atoms with Crippen molar-refractivity contribution in [1.29, 1.82) is 0 Å². The molecule has 0 aromatic carbocycles. The first-order valence-electron chi connectivity index (χ1n) is 8.20. The first kappa shape index (κ1) is 18.0. The first-order valence-corrected chi connectivity index (χ1v) is 10.9. The summed E-state index contributed by atoms with van der Waals surface area (Å²) in [5, 5.41) is 15.6. The molecule has 0 unspecified atom stereocenters. The molecule has 0 bridgehead atoms. The topological polar surface area (TPSA) is 82.1 Å². The highest BCUT2D eigenvalue weighted by atomic mass is 79.9. The van der Waals surface area contributed by atoms with Crippen molar-refractivity contribution in [3.05, 3.63) is 21.8 Å². The number of anilines is 1. The minimum absolute atomic E-state index is 0.556. The van der Waals surface area contributed by atoms with Crippen molar-refractivity contribution in [2.75, 3.05) is 31.2 Å². The number of hydrogen-bond acceptors (Lipinski definition) is 9. The average Bonchev–Trinajstić information content (AvgIpc) is 3.39. The fraction of sp³-hybridized carbons (Fsp3) is 0.467. The predicted molar refractivity (Wildman–Crippen MR) is 104 cm³/mol. The number of thioether (sulfide) groups is 1. The van der Waals surface area contributed by atoms with Crippen LogP contribution in [0.5, 0.6) is 0 Å². The summed E-state index contributed by atoms with van der Waals surface area (Å²) in [6.45, 7) is 6.03. The van der Waals surface area contributed by atoms with Crippen LogP contribution in [0.2, 0.25) is 0 Å². The van der Waals surface area contributed by atoms with Crippen LogP contribution in [-0.2, 0) is 17.0 Å². The number of halogens is 1. The summed E-state index contributed by atoms with van der Waals surface area (Å²) in [5.41, 5.74) is 0. The third-order valence-electron chi connectivity index (χ3n) is 3.89. The van der Waals surface area contributed by atoms with Crippen LogP contribution in [0.1, 0.15) is 12.8 Å². The molecule has 0 N–H and O–H groups in total. The van der Waals surface area contributed by atoms with E-state index in [1.54, 1.807) is 23.1 Å². The van der Waals surface area contributed by atoms with Gasteiger partial charge in [-0.25, -0.2) is 0 Å². The van der Waals surface area contributed by atoms with Gasteiger partial charge in [0.15, 0.2) is 5.16 Å². The lowest BCUT2D eigenvalue weighted by molar-refractivity contribution is 0.121. The number of rotatable bonds is 6. The second kappa shape index (κ2) is 8.07. The number of aromatic nitrogens is 5. The van der Waals surface area contributed by atoms with Gasteiger partial charge in [0.25, 0.3) is 0 Å². The van der Waals surface area contributed by atoms with Crippen LogP contribution in [0.4, 0.5) is 5.95 Å². The van der Waals surface area contributed by atoms with Gasteiger partial charge in [0.2, 0.25) is 17.7 Å². The Balaban J connectivity index is 1.45. The first-order chi connectivity index (χ1) is 12.7. The lowest BCUT2D eigenvalue weighted by atomic mass is 10.4. The van der Waals surface area contributed by atoms with E-state index in [1.807, 2.05) is 11.4 Å². The minimum atomic E-state index is 0.556. The van der Waals surface area contributed by atoms with E-state index in [1.165, 1.54) is 0 Å². The molecular formula is C15H17BrN6O2S2. The van der Waals surface area contributed by atoms with E-state index in [2.05, 4.69) is 52.7 Å². The SMILES string of the molecule is CCn1c(SCc2nc(-c3cc(Br)cs3)no2)nnc1N1CCOCC1.